The highest BCUT2D eigenvalue weighted by Crippen LogP contribution is 2.18. The van der Waals surface area contributed by atoms with Gasteiger partial charge in [-0.2, -0.15) is 0 Å². The van der Waals surface area contributed by atoms with Crippen molar-refractivity contribution < 1.29 is 4.79 Å². The molecule has 1 saturated carbocycles. The zero-order valence-corrected chi connectivity index (χ0v) is 11.2. The quantitative estimate of drug-likeness (QED) is 0.442. The Labute approximate surface area is 112 Å². The summed E-state index contributed by atoms with van der Waals surface area (Å²) < 4.78 is 0. The predicted molar refractivity (Wildman–Crippen MR) is 73.6 cm³/mol. The zero-order valence-electron chi connectivity index (χ0n) is 11.2. The molecule has 1 aliphatic carbocycles. The van der Waals surface area contributed by atoms with Gasteiger partial charge in [-0.15, -0.1) is 0 Å². The van der Waals surface area contributed by atoms with Crippen LogP contribution in [0.2, 0.25) is 0 Å². The number of nitrogens with one attached hydrogen (secondary N) is 3. The van der Waals surface area contributed by atoms with Crippen LogP contribution >= 0.6 is 0 Å². The summed E-state index contributed by atoms with van der Waals surface area (Å²) in [5.74, 6) is 7.35. The van der Waals surface area contributed by atoms with Gasteiger partial charge in [0.1, 0.15) is 17.5 Å². The Morgan fingerprint density at radius 2 is 2.11 bits per heavy atom. The SMILES string of the molecule is CC(C)c1nc(NN)cc(NCC(=O)NC2CC2)n1. The maximum absolute atomic E-state index is 11.6. The summed E-state index contributed by atoms with van der Waals surface area (Å²) in [6, 6.07) is 2.04. The maximum Gasteiger partial charge on any atom is 0.239 e. The van der Waals surface area contributed by atoms with E-state index in [9.17, 15) is 4.79 Å². The fourth-order valence-corrected chi connectivity index (χ4v) is 1.57. The number of hydrogen-bond donors (Lipinski definition) is 4. The summed E-state index contributed by atoms with van der Waals surface area (Å²) in [7, 11) is 0. The lowest BCUT2D eigenvalue weighted by atomic mass is 10.2. The summed E-state index contributed by atoms with van der Waals surface area (Å²) in [5, 5.41) is 5.89. The fraction of sp³-hybridized carbons (Fsp3) is 0.583. The standard InChI is InChI=1S/C12H20N6O/c1-7(2)12-16-9(5-10(17-12)18-13)14-6-11(19)15-8-3-4-8/h5,7-8H,3-4,6,13H2,1-2H3,(H,15,19)(H2,14,16,17,18). The third kappa shape index (κ3) is 4.06. The summed E-state index contributed by atoms with van der Waals surface area (Å²) >= 11 is 0. The van der Waals surface area contributed by atoms with Crippen molar-refractivity contribution in [1.29, 1.82) is 0 Å². The van der Waals surface area contributed by atoms with Crippen LogP contribution in [0.4, 0.5) is 11.6 Å². The van der Waals surface area contributed by atoms with Crippen LogP contribution in [0.15, 0.2) is 6.07 Å². The number of nitrogen functional groups attached to an aromatic ring is 1. The van der Waals surface area contributed by atoms with Crippen molar-refractivity contribution in [3.05, 3.63) is 11.9 Å². The highest BCUT2D eigenvalue weighted by atomic mass is 16.2. The molecule has 1 aromatic heterocycles. The van der Waals surface area contributed by atoms with Gasteiger partial charge in [0.15, 0.2) is 0 Å². The molecule has 1 aliphatic rings. The molecule has 1 aromatic rings. The number of aromatic nitrogens is 2. The molecule has 0 saturated heterocycles. The van der Waals surface area contributed by atoms with Crippen LogP contribution in [0.3, 0.4) is 0 Å². The molecule has 0 atom stereocenters. The Hall–Kier alpha value is -1.89. The van der Waals surface area contributed by atoms with E-state index in [4.69, 9.17) is 5.84 Å². The molecule has 0 bridgehead atoms. The lowest BCUT2D eigenvalue weighted by Gasteiger charge is -2.11. The largest absolute Gasteiger partial charge is 0.361 e. The molecule has 0 unspecified atom stereocenters. The lowest BCUT2D eigenvalue weighted by molar-refractivity contribution is -0.119. The van der Waals surface area contributed by atoms with E-state index >= 15 is 0 Å². The second-order valence-corrected chi connectivity index (χ2v) is 4.99. The summed E-state index contributed by atoms with van der Waals surface area (Å²) in [6.07, 6.45) is 2.16. The van der Waals surface area contributed by atoms with Crippen molar-refractivity contribution >= 4 is 17.5 Å². The Morgan fingerprint density at radius 3 is 2.68 bits per heavy atom. The topological polar surface area (TPSA) is 105 Å². The predicted octanol–water partition coefficient (Wildman–Crippen LogP) is 0.576. The number of amides is 1. The second-order valence-electron chi connectivity index (χ2n) is 4.99. The van der Waals surface area contributed by atoms with Crippen LogP contribution in [-0.4, -0.2) is 28.5 Å². The minimum absolute atomic E-state index is 0.0190. The van der Waals surface area contributed by atoms with Gasteiger partial charge in [0.05, 0.1) is 6.54 Å². The number of nitrogens with zero attached hydrogens (tertiary/aromatic N) is 2. The van der Waals surface area contributed by atoms with Gasteiger partial charge in [0.25, 0.3) is 0 Å². The van der Waals surface area contributed by atoms with Gasteiger partial charge in [0.2, 0.25) is 5.91 Å². The molecule has 7 heteroatoms. The maximum atomic E-state index is 11.6. The first-order valence-electron chi connectivity index (χ1n) is 6.47. The van der Waals surface area contributed by atoms with Crippen LogP contribution < -0.4 is 21.9 Å². The molecule has 7 nitrogen and oxygen atoms in total. The number of carbonyl (C=O) groups excluding carboxylic acids is 1. The van der Waals surface area contributed by atoms with Crippen molar-refractivity contribution in [2.45, 2.75) is 38.6 Å². The van der Waals surface area contributed by atoms with Crippen LogP contribution in [0.1, 0.15) is 38.4 Å². The lowest BCUT2D eigenvalue weighted by Crippen LogP contribution is -2.31. The van der Waals surface area contributed by atoms with Crippen molar-refractivity contribution in [2.24, 2.45) is 5.84 Å². The van der Waals surface area contributed by atoms with Gasteiger partial charge < -0.3 is 16.1 Å². The third-order valence-electron chi connectivity index (χ3n) is 2.78. The normalized spacial score (nSPS) is 14.3. The molecular formula is C12H20N6O. The van der Waals surface area contributed by atoms with Crippen LogP contribution in [0.25, 0.3) is 0 Å². The van der Waals surface area contributed by atoms with Crippen molar-refractivity contribution in [3.63, 3.8) is 0 Å². The summed E-state index contributed by atoms with van der Waals surface area (Å²) in [6.45, 7) is 4.20. The smallest absolute Gasteiger partial charge is 0.239 e. The van der Waals surface area contributed by atoms with E-state index in [1.807, 2.05) is 13.8 Å². The molecule has 0 aromatic carbocycles. The van der Waals surface area contributed by atoms with Crippen molar-refractivity contribution in [3.8, 4) is 0 Å². The van der Waals surface area contributed by atoms with Gasteiger partial charge in [-0.1, -0.05) is 13.8 Å². The number of hydrazine groups is 1. The molecule has 104 valence electrons. The van der Waals surface area contributed by atoms with Gasteiger partial charge in [-0.25, -0.2) is 15.8 Å². The zero-order chi connectivity index (χ0) is 13.8. The number of rotatable bonds is 6. The first kappa shape index (κ1) is 13.5. The first-order valence-corrected chi connectivity index (χ1v) is 6.47. The van der Waals surface area contributed by atoms with E-state index in [2.05, 4.69) is 26.0 Å². The minimum Gasteiger partial charge on any atom is -0.361 e. The first-order chi connectivity index (χ1) is 9.08. The van der Waals surface area contributed by atoms with Gasteiger partial charge in [-0.3, -0.25) is 4.79 Å². The molecule has 5 N–H and O–H groups in total. The highest BCUT2D eigenvalue weighted by Gasteiger charge is 2.22. The van der Waals surface area contributed by atoms with Gasteiger partial charge in [0, 0.05) is 18.0 Å². The number of nitrogens with two attached hydrogens (primary N) is 1. The number of hydrogen-bond acceptors (Lipinski definition) is 6. The molecule has 0 aliphatic heterocycles. The van der Waals surface area contributed by atoms with E-state index in [1.54, 1.807) is 6.07 Å². The molecule has 0 spiro atoms. The highest BCUT2D eigenvalue weighted by molar-refractivity contribution is 5.81. The van der Waals surface area contributed by atoms with E-state index in [-0.39, 0.29) is 18.4 Å². The average Bonchev–Trinajstić information content (AvgIpc) is 3.19. The van der Waals surface area contributed by atoms with Crippen LogP contribution in [-0.2, 0) is 4.79 Å². The Kier molecular flexibility index (Phi) is 4.16. The van der Waals surface area contributed by atoms with Crippen molar-refractivity contribution in [2.75, 3.05) is 17.3 Å². The van der Waals surface area contributed by atoms with E-state index in [0.29, 0.717) is 23.5 Å². The molecule has 1 heterocycles. The monoisotopic (exact) mass is 264 g/mol. The minimum atomic E-state index is -0.0190. The molecule has 1 fully saturated rings. The third-order valence-corrected chi connectivity index (χ3v) is 2.78. The molecule has 1 amide bonds. The molecule has 2 rings (SSSR count). The Bertz CT molecular complexity index is 458. The molecule has 0 radical (unpaired) electrons. The Morgan fingerprint density at radius 1 is 1.42 bits per heavy atom. The molecule has 19 heavy (non-hydrogen) atoms. The Balaban J connectivity index is 1.97. The van der Waals surface area contributed by atoms with E-state index in [1.165, 1.54) is 0 Å². The van der Waals surface area contributed by atoms with Crippen LogP contribution in [0, 0.1) is 0 Å². The summed E-state index contributed by atoms with van der Waals surface area (Å²) in [5.41, 5.74) is 2.50. The van der Waals surface area contributed by atoms with Crippen molar-refractivity contribution in [1.82, 2.24) is 15.3 Å². The van der Waals surface area contributed by atoms with Crippen LogP contribution in [0.5, 0.6) is 0 Å². The van der Waals surface area contributed by atoms with Gasteiger partial charge >= 0.3 is 0 Å². The van der Waals surface area contributed by atoms with E-state index in [0.717, 1.165) is 12.8 Å². The number of anilines is 2. The fourth-order valence-electron chi connectivity index (χ4n) is 1.57. The van der Waals surface area contributed by atoms with E-state index < -0.39 is 0 Å². The number of carbonyl (C=O) groups is 1. The summed E-state index contributed by atoms with van der Waals surface area (Å²) in [4.78, 5) is 20.2. The second kappa shape index (κ2) is 5.83. The molecular weight excluding hydrogens is 244 g/mol. The van der Waals surface area contributed by atoms with Gasteiger partial charge in [-0.05, 0) is 12.8 Å². The average molecular weight is 264 g/mol.